The van der Waals surface area contributed by atoms with E-state index in [1.54, 1.807) is 11.0 Å². The predicted molar refractivity (Wildman–Crippen MR) is 86.3 cm³/mol. The number of hydrogen-bond acceptors (Lipinski definition) is 3. The number of amides is 1. The van der Waals surface area contributed by atoms with Crippen molar-refractivity contribution in [3.8, 4) is 0 Å². The number of carboxylic acids is 1. The molecule has 1 atom stereocenters. The Morgan fingerprint density at radius 3 is 2.59 bits per heavy atom. The number of para-hydroxylation sites is 1. The largest absolute Gasteiger partial charge is 0.481 e. The fraction of sp³-hybridized carbons (Fsp3) is 0.529. The van der Waals surface area contributed by atoms with Gasteiger partial charge in [-0.2, -0.15) is 0 Å². The first kappa shape index (κ1) is 16.3. The molecule has 2 rings (SSSR count). The van der Waals surface area contributed by atoms with Gasteiger partial charge in [-0.25, -0.2) is 0 Å². The van der Waals surface area contributed by atoms with Crippen molar-refractivity contribution in [2.45, 2.75) is 26.2 Å². The summed E-state index contributed by atoms with van der Waals surface area (Å²) in [5.74, 6) is -0.878. The number of carboxylic acid groups (broad SMARTS) is 1. The molecule has 1 amide bonds. The van der Waals surface area contributed by atoms with Crippen molar-refractivity contribution in [3.63, 3.8) is 0 Å². The molecule has 0 saturated carbocycles. The molecule has 5 nitrogen and oxygen atoms in total. The summed E-state index contributed by atoms with van der Waals surface area (Å²) in [7, 11) is 3.80. The molecule has 1 heterocycles. The first-order valence-corrected chi connectivity index (χ1v) is 7.70. The second kappa shape index (κ2) is 6.38. The van der Waals surface area contributed by atoms with Crippen molar-refractivity contribution >= 4 is 17.6 Å². The average molecular weight is 304 g/mol. The van der Waals surface area contributed by atoms with E-state index in [2.05, 4.69) is 0 Å². The predicted octanol–water partition coefficient (Wildman–Crippen LogP) is 2.47. The molecule has 1 unspecified atom stereocenters. The van der Waals surface area contributed by atoms with Crippen molar-refractivity contribution in [1.29, 1.82) is 0 Å². The summed E-state index contributed by atoms with van der Waals surface area (Å²) in [6, 6.07) is 7.45. The van der Waals surface area contributed by atoms with E-state index in [9.17, 15) is 14.7 Å². The molecular weight excluding hydrogens is 280 g/mol. The lowest BCUT2D eigenvalue weighted by Crippen LogP contribution is -2.49. The van der Waals surface area contributed by atoms with Gasteiger partial charge in [0.05, 0.1) is 11.0 Å². The van der Waals surface area contributed by atoms with Gasteiger partial charge < -0.3 is 14.9 Å². The number of anilines is 1. The highest BCUT2D eigenvalue weighted by molar-refractivity contribution is 6.00. The summed E-state index contributed by atoms with van der Waals surface area (Å²) in [4.78, 5) is 28.1. The van der Waals surface area contributed by atoms with E-state index in [0.717, 1.165) is 12.1 Å². The first-order chi connectivity index (χ1) is 10.4. The second-order valence-corrected chi connectivity index (χ2v) is 6.18. The summed E-state index contributed by atoms with van der Waals surface area (Å²) in [6.45, 7) is 2.80. The molecule has 0 aliphatic carbocycles. The smallest absolute Gasteiger partial charge is 0.311 e. The van der Waals surface area contributed by atoms with Crippen LogP contribution in [0.4, 0.5) is 5.69 Å². The van der Waals surface area contributed by atoms with E-state index in [0.29, 0.717) is 31.5 Å². The number of piperidine rings is 1. The standard InChI is InChI=1S/C17H24N2O3/c1-4-17(16(21)22)10-7-11-19(12-17)15(20)13-8-5-6-9-14(13)18(2)3/h5-6,8-9H,4,7,10-12H2,1-3H3,(H,21,22). The lowest BCUT2D eigenvalue weighted by Gasteiger charge is -2.39. The zero-order valence-electron chi connectivity index (χ0n) is 13.5. The van der Waals surface area contributed by atoms with Crippen LogP contribution in [-0.2, 0) is 4.79 Å². The number of carbonyl (C=O) groups excluding carboxylic acids is 1. The highest BCUT2D eigenvalue weighted by Gasteiger charge is 2.42. The molecule has 0 spiro atoms. The lowest BCUT2D eigenvalue weighted by atomic mass is 9.77. The molecule has 22 heavy (non-hydrogen) atoms. The van der Waals surface area contributed by atoms with Crippen molar-refractivity contribution in [3.05, 3.63) is 29.8 Å². The highest BCUT2D eigenvalue weighted by Crippen LogP contribution is 2.34. The summed E-state index contributed by atoms with van der Waals surface area (Å²) in [5.41, 5.74) is 0.682. The van der Waals surface area contributed by atoms with Gasteiger partial charge in [0.25, 0.3) is 5.91 Å². The molecule has 1 saturated heterocycles. The SMILES string of the molecule is CCC1(C(=O)O)CCCN(C(=O)c2ccccc2N(C)C)C1. The van der Waals surface area contributed by atoms with Crippen LogP contribution in [0.3, 0.4) is 0 Å². The maximum absolute atomic E-state index is 12.9. The molecular formula is C17H24N2O3. The van der Waals surface area contributed by atoms with E-state index >= 15 is 0 Å². The third-order valence-corrected chi connectivity index (χ3v) is 4.61. The van der Waals surface area contributed by atoms with E-state index in [1.165, 1.54) is 0 Å². The van der Waals surface area contributed by atoms with Crippen LogP contribution in [0.5, 0.6) is 0 Å². The molecule has 1 fully saturated rings. The normalized spacial score (nSPS) is 21.5. The van der Waals surface area contributed by atoms with Gasteiger partial charge in [0, 0.05) is 32.9 Å². The number of carbonyl (C=O) groups is 2. The van der Waals surface area contributed by atoms with E-state index in [-0.39, 0.29) is 5.91 Å². The quantitative estimate of drug-likeness (QED) is 0.928. The molecule has 0 aromatic heterocycles. The van der Waals surface area contributed by atoms with Crippen LogP contribution in [0.15, 0.2) is 24.3 Å². The Balaban J connectivity index is 2.28. The van der Waals surface area contributed by atoms with Crippen molar-refractivity contribution in [2.75, 3.05) is 32.1 Å². The molecule has 5 heteroatoms. The highest BCUT2D eigenvalue weighted by atomic mass is 16.4. The fourth-order valence-electron chi connectivity index (χ4n) is 3.13. The number of nitrogens with zero attached hydrogens (tertiary/aromatic N) is 2. The van der Waals surface area contributed by atoms with Crippen LogP contribution >= 0.6 is 0 Å². The Bertz CT molecular complexity index is 571. The summed E-state index contributed by atoms with van der Waals surface area (Å²) in [6.07, 6.45) is 1.91. The molecule has 1 aliphatic rings. The zero-order chi connectivity index (χ0) is 16.3. The second-order valence-electron chi connectivity index (χ2n) is 6.18. The maximum atomic E-state index is 12.9. The van der Waals surface area contributed by atoms with Crippen molar-refractivity contribution in [2.24, 2.45) is 5.41 Å². The Hall–Kier alpha value is -2.04. The van der Waals surface area contributed by atoms with E-state index in [1.807, 2.05) is 44.1 Å². The Labute approximate surface area is 131 Å². The van der Waals surface area contributed by atoms with Gasteiger partial charge in [-0.1, -0.05) is 19.1 Å². The monoisotopic (exact) mass is 304 g/mol. The number of rotatable bonds is 4. The summed E-state index contributed by atoms with van der Waals surface area (Å²) >= 11 is 0. The van der Waals surface area contributed by atoms with Gasteiger partial charge in [-0.15, -0.1) is 0 Å². The van der Waals surface area contributed by atoms with Crippen LogP contribution in [-0.4, -0.2) is 49.1 Å². The van der Waals surface area contributed by atoms with Crippen LogP contribution in [0.25, 0.3) is 0 Å². The molecule has 1 N–H and O–H groups in total. The molecule has 1 aromatic rings. The van der Waals surface area contributed by atoms with Gasteiger partial charge >= 0.3 is 5.97 Å². The Morgan fingerprint density at radius 2 is 2.00 bits per heavy atom. The van der Waals surface area contributed by atoms with Crippen molar-refractivity contribution < 1.29 is 14.7 Å². The van der Waals surface area contributed by atoms with Gasteiger partial charge in [0.1, 0.15) is 0 Å². The minimum atomic E-state index is -0.805. The summed E-state index contributed by atoms with van der Waals surface area (Å²) in [5, 5.41) is 9.56. The first-order valence-electron chi connectivity index (χ1n) is 7.70. The molecule has 1 aromatic carbocycles. The van der Waals surface area contributed by atoms with Crippen LogP contribution in [0.2, 0.25) is 0 Å². The Morgan fingerprint density at radius 1 is 1.32 bits per heavy atom. The molecule has 120 valence electrons. The lowest BCUT2D eigenvalue weighted by molar-refractivity contribution is -0.152. The fourth-order valence-corrected chi connectivity index (χ4v) is 3.13. The molecule has 0 bridgehead atoms. The number of benzene rings is 1. The third kappa shape index (κ3) is 2.93. The molecule has 0 radical (unpaired) electrons. The van der Waals surface area contributed by atoms with Crippen LogP contribution in [0, 0.1) is 5.41 Å². The molecule has 1 aliphatic heterocycles. The van der Waals surface area contributed by atoms with E-state index < -0.39 is 11.4 Å². The number of aliphatic carboxylic acids is 1. The van der Waals surface area contributed by atoms with Crippen molar-refractivity contribution in [1.82, 2.24) is 4.90 Å². The zero-order valence-corrected chi connectivity index (χ0v) is 13.5. The van der Waals surface area contributed by atoms with Gasteiger partial charge in [0.2, 0.25) is 0 Å². The van der Waals surface area contributed by atoms with E-state index in [4.69, 9.17) is 0 Å². The topological polar surface area (TPSA) is 60.9 Å². The summed E-state index contributed by atoms with van der Waals surface area (Å²) < 4.78 is 0. The third-order valence-electron chi connectivity index (χ3n) is 4.61. The minimum absolute atomic E-state index is 0.0805. The van der Waals surface area contributed by atoms with Crippen LogP contribution < -0.4 is 4.90 Å². The number of hydrogen-bond donors (Lipinski definition) is 1. The number of likely N-dealkylation sites (tertiary alicyclic amines) is 1. The minimum Gasteiger partial charge on any atom is -0.481 e. The van der Waals surface area contributed by atoms with Crippen LogP contribution in [0.1, 0.15) is 36.5 Å². The van der Waals surface area contributed by atoms with Gasteiger partial charge in [-0.05, 0) is 31.4 Å². The Kier molecular flexibility index (Phi) is 4.74. The van der Waals surface area contributed by atoms with Gasteiger partial charge in [-0.3, -0.25) is 9.59 Å². The maximum Gasteiger partial charge on any atom is 0.311 e. The average Bonchev–Trinajstić information content (AvgIpc) is 2.53. The van der Waals surface area contributed by atoms with Gasteiger partial charge in [0.15, 0.2) is 0 Å².